The second kappa shape index (κ2) is 8.30. The number of hydrogen-bond acceptors (Lipinski definition) is 6. The number of ether oxygens (including phenoxy) is 1. The molecule has 1 aliphatic heterocycles. The van der Waals surface area contributed by atoms with Crippen LogP contribution >= 0.6 is 11.3 Å². The third-order valence-electron chi connectivity index (χ3n) is 5.67. The van der Waals surface area contributed by atoms with Crippen molar-refractivity contribution in [3.63, 3.8) is 0 Å². The van der Waals surface area contributed by atoms with Gasteiger partial charge < -0.3 is 14.6 Å². The molecule has 0 saturated carbocycles. The predicted molar refractivity (Wildman–Crippen MR) is 132 cm³/mol. The first-order chi connectivity index (χ1) is 16.2. The minimum atomic E-state index is -3.92. The first-order valence-electron chi connectivity index (χ1n) is 10.5. The van der Waals surface area contributed by atoms with Gasteiger partial charge in [0.05, 0.1) is 27.3 Å². The predicted octanol–water partition coefficient (Wildman–Crippen LogP) is 3.50. The third-order valence-corrected chi connectivity index (χ3v) is 8.46. The Morgan fingerprint density at radius 3 is 2.62 bits per heavy atom. The lowest BCUT2D eigenvalue weighted by Crippen LogP contribution is -2.48. The van der Waals surface area contributed by atoms with E-state index in [4.69, 9.17) is 4.74 Å². The van der Waals surface area contributed by atoms with Gasteiger partial charge in [0.2, 0.25) is 0 Å². The van der Waals surface area contributed by atoms with Gasteiger partial charge in [0.25, 0.3) is 15.9 Å². The number of nitrogens with zero attached hydrogens (tertiary/aromatic N) is 2. The highest BCUT2D eigenvalue weighted by Crippen LogP contribution is 2.38. The average molecular weight is 496 g/mol. The van der Waals surface area contributed by atoms with E-state index in [2.05, 4.69) is 5.32 Å². The highest BCUT2D eigenvalue weighted by Gasteiger charge is 2.37. The van der Waals surface area contributed by atoms with E-state index in [1.54, 1.807) is 66.2 Å². The second-order valence-corrected chi connectivity index (χ2v) is 10.9. The maximum absolute atomic E-state index is 13.5. The number of anilines is 2. The molecule has 1 aliphatic rings. The molecule has 0 saturated heterocycles. The van der Waals surface area contributed by atoms with Gasteiger partial charge in [0.15, 0.2) is 6.10 Å². The summed E-state index contributed by atoms with van der Waals surface area (Å²) in [5.74, 6) is -0.171. The van der Waals surface area contributed by atoms with E-state index in [0.29, 0.717) is 17.1 Å². The van der Waals surface area contributed by atoms with Crippen molar-refractivity contribution in [2.75, 3.05) is 16.2 Å². The highest BCUT2D eigenvalue weighted by atomic mass is 32.2. The van der Waals surface area contributed by atoms with Gasteiger partial charge in [0.1, 0.15) is 5.75 Å². The summed E-state index contributed by atoms with van der Waals surface area (Å²) in [6.45, 7) is 1.68. The van der Waals surface area contributed by atoms with E-state index in [1.807, 2.05) is 6.92 Å². The number of rotatable bonds is 4. The number of sulfonamides is 1. The lowest BCUT2D eigenvalue weighted by molar-refractivity contribution is -0.122. The molecule has 0 radical (unpaired) electrons. The Labute approximate surface area is 200 Å². The van der Waals surface area contributed by atoms with Crippen LogP contribution in [0, 0.1) is 6.92 Å². The number of aromatic nitrogens is 1. The summed E-state index contributed by atoms with van der Waals surface area (Å²) < 4.78 is 36.4. The number of nitrogens with one attached hydrogen (secondary N) is 1. The van der Waals surface area contributed by atoms with Crippen LogP contribution in [0.25, 0.3) is 10.2 Å². The van der Waals surface area contributed by atoms with Crippen molar-refractivity contribution in [1.29, 1.82) is 0 Å². The van der Waals surface area contributed by atoms with Crippen LogP contribution < -0.4 is 19.2 Å². The molecule has 4 aromatic rings. The maximum atomic E-state index is 13.5. The first kappa shape index (κ1) is 22.2. The summed E-state index contributed by atoms with van der Waals surface area (Å²) in [7, 11) is -2.23. The largest absolute Gasteiger partial charge is 0.476 e. The van der Waals surface area contributed by atoms with Crippen molar-refractivity contribution in [3.05, 3.63) is 82.0 Å². The molecule has 1 N–H and O–H groups in total. The normalized spacial score (nSPS) is 15.6. The van der Waals surface area contributed by atoms with Gasteiger partial charge in [-0.2, -0.15) is 0 Å². The lowest BCUT2D eigenvalue weighted by atomic mass is 10.1. The molecule has 174 valence electrons. The SMILES string of the molecule is Cc1ccc2c(c1)N(S(=O)(=O)c1ccccc1)CC(C(=O)Nc1ccc3c(c1)sc(=O)n3C)O2. The van der Waals surface area contributed by atoms with Crippen LogP contribution in [0.2, 0.25) is 0 Å². The monoisotopic (exact) mass is 495 g/mol. The van der Waals surface area contributed by atoms with Crippen molar-refractivity contribution >= 4 is 48.9 Å². The molecular weight excluding hydrogens is 474 g/mol. The molecular formula is C24H21N3O5S2. The fourth-order valence-corrected chi connectivity index (χ4v) is 6.29. The Morgan fingerprint density at radius 1 is 1.09 bits per heavy atom. The molecule has 8 nitrogen and oxygen atoms in total. The number of fused-ring (bicyclic) bond motifs is 2. The molecule has 34 heavy (non-hydrogen) atoms. The van der Waals surface area contributed by atoms with Crippen LogP contribution in [-0.2, 0) is 21.9 Å². The van der Waals surface area contributed by atoms with Crippen LogP contribution in [0.5, 0.6) is 5.75 Å². The maximum Gasteiger partial charge on any atom is 0.307 e. The number of benzene rings is 3. The smallest absolute Gasteiger partial charge is 0.307 e. The summed E-state index contributed by atoms with van der Waals surface area (Å²) in [5.41, 5.74) is 2.53. The molecule has 2 heterocycles. The van der Waals surface area contributed by atoms with Crippen LogP contribution in [0.15, 0.2) is 76.4 Å². The van der Waals surface area contributed by atoms with Crippen LogP contribution in [0.1, 0.15) is 5.56 Å². The zero-order chi connectivity index (χ0) is 24.0. The van der Waals surface area contributed by atoms with E-state index in [0.717, 1.165) is 27.1 Å². The lowest BCUT2D eigenvalue weighted by Gasteiger charge is -2.35. The van der Waals surface area contributed by atoms with Crippen molar-refractivity contribution in [2.24, 2.45) is 7.05 Å². The topological polar surface area (TPSA) is 97.7 Å². The number of carbonyl (C=O) groups is 1. The van der Waals surface area contributed by atoms with Gasteiger partial charge in [-0.05, 0) is 55.0 Å². The quantitative estimate of drug-likeness (QED) is 0.467. The van der Waals surface area contributed by atoms with Gasteiger partial charge in [-0.3, -0.25) is 13.9 Å². The molecule has 0 aliphatic carbocycles. The summed E-state index contributed by atoms with van der Waals surface area (Å²) in [6.07, 6.45) is -1.07. The Morgan fingerprint density at radius 2 is 1.85 bits per heavy atom. The molecule has 1 atom stereocenters. The van der Waals surface area contributed by atoms with Crippen molar-refractivity contribution in [3.8, 4) is 5.75 Å². The van der Waals surface area contributed by atoms with E-state index >= 15 is 0 Å². The van der Waals surface area contributed by atoms with Gasteiger partial charge >= 0.3 is 4.87 Å². The molecule has 1 aromatic heterocycles. The van der Waals surface area contributed by atoms with E-state index in [9.17, 15) is 18.0 Å². The Kier molecular flexibility index (Phi) is 5.41. The van der Waals surface area contributed by atoms with Crippen LogP contribution in [-0.4, -0.2) is 31.5 Å². The van der Waals surface area contributed by atoms with Crippen LogP contribution in [0.4, 0.5) is 11.4 Å². The molecule has 1 amide bonds. The first-order valence-corrected chi connectivity index (χ1v) is 12.8. The number of carbonyl (C=O) groups excluding carboxylic acids is 1. The van der Waals surface area contributed by atoms with E-state index in [1.165, 1.54) is 16.4 Å². The summed E-state index contributed by atoms with van der Waals surface area (Å²) in [4.78, 5) is 25.1. The number of thiazole rings is 1. The highest BCUT2D eigenvalue weighted by molar-refractivity contribution is 7.92. The fraction of sp³-hybridized carbons (Fsp3) is 0.167. The fourth-order valence-electron chi connectivity index (χ4n) is 3.88. The summed E-state index contributed by atoms with van der Waals surface area (Å²) in [6, 6.07) is 18.5. The van der Waals surface area contributed by atoms with E-state index in [-0.39, 0.29) is 16.3 Å². The second-order valence-electron chi connectivity index (χ2n) is 8.03. The number of amides is 1. The molecule has 10 heteroatoms. The van der Waals surface area contributed by atoms with E-state index < -0.39 is 22.0 Å². The van der Waals surface area contributed by atoms with Crippen molar-refractivity contribution in [1.82, 2.24) is 4.57 Å². The van der Waals surface area contributed by atoms with Gasteiger partial charge in [-0.15, -0.1) is 0 Å². The van der Waals surface area contributed by atoms with Gasteiger partial charge in [0, 0.05) is 12.7 Å². The Hall–Kier alpha value is -3.63. The standard InChI is InChI=1S/C24H21N3O5S2/c1-15-8-11-20-19(12-15)27(34(30,31)17-6-4-3-5-7-17)14-21(32-20)23(28)25-16-9-10-18-22(13-16)33-24(29)26(18)2/h3-13,21H,14H2,1-2H3,(H,25,28). The summed E-state index contributed by atoms with van der Waals surface area (Å²) in [5, 5.41) is 2.80. The van der Waals surface area contributed by atoms with Gasteiger partial charge in [-0.25, -0.2) is 8.42 Å². The molecule has 0 fully saturated rings. The number of aryl methyl sites for hydroxylation is 2. The van der Waals surface area contributed by atoms with Gasteiger partial charge in [-0.1, -0.05) is 35.6 Å². The zero-order valence-corrected chi connectivity index (χ0v) is 20.0. The molecule has 0 spiro atoms. The minimum absolute atomic E-state index is 0.0947. The molecule has 5 rings (SSSR count). The summed E-state index contributed by atoms with van der Waals surface area (Å²) >= 11 is 1.09. The molecule has 3 aromatic carbocycles. The minimum Gasteiger partial charge on any atom is -0.476 e. The van der Waals surface area contributed by atoms with Crippen molar-refractivity contribution < 1.29 is 17.9 Å². The molecule has 1 unspecified atom stereocenters. The Bertz CT molecular complexity index is 1580. The average Bonchev–Trinajstić information content (AvgIpc) is 3.11. The zero-order valence-electron chi connectivity index (χ0n) is 18.4. The number of hydrogen-bond donors (Lipinski definition) is 1. The van der Waals surface area contributed by atoms with Crippen molar-refractivity contribution in [2.45, 2.75) is 17.9 Å². The van der Waals surface area contributed by atoms with Crippen LogP contribution in [0.3, 0.4) is 0 Å². The molecule has 0 bridgehead atoms. The third kappa shape index (κ3) is 3.84. The Balaban J connectivity index is 1.47.